The number of benzene rings is 1. The highest BCUT2D eigenvalue weighted by Gasteiger charge is 2.13. The second-order valence-corrected chi connectivity index (χ2v) is 5.17. The smallest absolute Gasteiger partial charge is 0.123 e. The Morgan fingerprint density at radius 1 is 1.10 bits per heavy atom. The van der Waals surface area contributed by atoms with Gasteiger partial charge in [-0.3, -0.25) is 4.90 Å². The van der Waals surface area contributed by atoms with Gasteiger partial charge in [0.2, 0.25) is 0 Å². The molecule has 1 aliphatic heterocycles. The molecule has 2 N–H and O–H groups in total. The molecule has 0 fully saturated rings. The number of rotatable bonds is 3. The fourth-order valence-corrected chi connectivity index (χ4v) is 2.55. The van der Waals surface area contributed by atoms with Gasteiger partial charge in [0.1, 0.15) is 5.82 Å². The van der Waals surface area contributed by atoms with Crippen molar-refractivity contribution in [3.05, 3.63) is 65.9 Å². The van der Waals surface area contributed by atoms with Gasteiger partial charge in [-0.1, -0.05) is 36.4 Å². The summed E-state index contributed by atoms with van der Waals surface area (Å²) >= 11 is 0. The quantitative estimate of drug-likeness (QED) is 0.927. The Labute approximate surface area is 119 Å². The van der Waals surface area contributed by atoms with E-state index in [1.54, 1.807) is 0 Å². The number of hydrogen-bond acceptors (Lipinski definition) is 3. The first-order valence-corrected chi connectivity index (χ1v) is 6.98. The number of aromatic nitrogens is 1. The summed E-state index contributed by atoms with van der Waals surface area (Å²) in [5, 5.41) is 0. The fraction of sp³-hybridized carbons (Fsp3) is 0.235. The molecule has 3 nitrogen and oxygen atoms in total. The van der Waals surface area contributed by atoms with Gasteiger partial charge in [-0.05, 0) is 35.3 Å². The van der Waals surface area contributed by atoms with E-state index in [0.29, 0.717) is 5.82 Å². The maximum atomic E-state index is 5.63. The number of nitrogens with two attached hydrogens (primary N) is 1. The maximum absolute atomic E-state index is 5.63. The molecule has 1 aromatic heterocycles. The van der Waals surface area contributed by atoms with E-state index in [9.17, 15) is 0 Å². The number of anilines is 1. The Hall–Kier alpha value is -2.13. The lowest BCUT2D eigenvalue weighted by atomic mass is 10.0. The first kappa shape index (κ1) is 12.9. The van der Waals surface area contributed by atoms with E-state index in [4.69, 9.17) is 5.73 Å². The fourth-order valence-electron chi connectivity index (χ4n) is 2.55. The minimum atomic E-state index is 0.580. The van der Waals surface area contributed by atoms with Crippen molar-refractivity contribution in [2.24, 2.45) is 0 Å². The summed E-state index contributed by atoms with van der Waals surface area (Å²) in [6.07, 6.45) is 5.24. The first-order valence-electron chi connectivity index (χ1n) is 6.98. The third kappa shape index (κ3) is 3.06. The van der Waals surface area contributed by atoms with E-state index in [0.717, 1.165) is 26.1 Å². The minimum absolute atomic E-state index is 0.580. The summed E-state index contributed by atoms with van der Waals surface area (Å²) in [6.45, 7) is 3.10. The van der Waals surface area contributed by atoms with Gasteiger partial charge < -0.3 is 5.73 Å². The van der Waals surface area contributed by atoms with Crippen molar-refractivity contribution >= 4 is 11.4 Å². The highest BCUT2D eigenvalue weighted by atomic mass is 15.1. The third-order valence-electron chi connectivity index (χ3n) is 3.70. The lowest BCUT2D eigenvalue weighted by Gasteiger charge is -2.26. The first-order chi connectivity index (χ1) is 9.81. The SMILES string of the molecule is Nc1ccc(C2=CCN(Cc3ccccc3)CC2)cn1. The molecular weight excluding hydrogens is 246 g/mol. The molecule has 0 atom stereocenters. The molecule has 3 rings (SSSR count). The molecule has 0 radical (unpaired) electrons. The molecule has 0 bridgehead atoms. The Morgan fingerprint density at radius 3 is 2.60 bits per heavy atom. The van der Waals surface area contributed by atoms with Crippen LogP contribution in [0.1, 0.15) is 17.5 Å². The van der Waals surface area contributed by atoms with Crippen LogP contribution in [0.25, 0.3) is 5.57 Å². The van der Waals surface area contributed by atoms with E-state index >= 15 is 0 Å². The van der Waals surface area contributed by atoms with Gasteiger partial charge >= 0.3 is 0 Å². The van der Waals surface area contributed by atoms with Crippen molar-refractivity contribution in [2.45, 2.75) is 13.0 Å². The van der Waals surface area contributed by atoms with Gasteiger partial charge in [0.25, 0.3) is 0 Å². The average Bonchev–Trinajstić information content (AvgIpc) is 2.50. The Morgan fingerprint density at radius 2 is 1.95 bits per heavy atom. The summed E-state index contributed by atoms with van der Waals surface area (Å²) in [4.78, 5) is 6.63. The minimum Gasteiger partial charge on any atom is -0.384 e. The number of nitrogen functional groups attached to an aromatic ring is 1. The Bertz CT molecular complexity index is 587. The number of nitrogens with zero attached hydrogens (tertiary/aromatic N) is 2. The molecule has 102 valence electrons. The van der Waals surface area contributed by atoms with Crippen LogP contribution in [0.3, 0.4) is 0 Å². The topological polar surface area (TPSA) is 42.1 Å². The molecule has 0 unspecified atom stereocenters. The van der Waals surface area contributed by atoms with Crippen LogP contribution in [0.4, 0.5) is 5.82 Å². The summed E-state index contributed by atoms with van der Waals surface area (Å²) < 4.78 is 0. The lowest BCUT2D eigenvalue weighted by Crippen LogP contribution is -2.28. The summed E-state index contributed by atoms with van der Waals surface area (Å²) in [6, 6.07) is 14.5. The van der Waals surface area contributed by atoms with Gasteiger partial charge in [0.15, 0.2) is 0 Å². The second kappa shape index (κ2) is 5.88. The van der Waals surface area contributed by atoms with Crippen LogP contribution < -0.4 is 5.73 Å². The van der Waals surface area contributed by atoms with E-state index in [1.807, 2.05) is 12.3 Å². The normalized spacial score (nSPS) is 15.9. The predicted molar refractivity (Wildman–Crippen MR) is 83.0 cm³/mol. The zero-order valence-corrected chi connectivity index (χ0v) is 11.5. The van der Waals surface area contributed by atoms with Crippen LogP contribution in [-0.4, -0.2) is 23.0 Å². The van der Waals surface area contributed by atoms with Crippen LogP contribution in [0, 0.1) is 0 Å². The van der Waals surface area contributed by atoms with E-state index in [-0.39, 0.29) is 0 Å². The largest absolute Gasteiger partial charge is 0.384 e. The lowest BCUT2D eigenvalue weighted by molar-refractivity contribution is 0.294. The standard InChI is InChI=1S/C17H19N3/c18-17-7-6-16(12-19-17)15-8-10-20(11-9-15)13-14-4-2-1-3-5-14/h1-8,12H,9-11,13H2,(H2,18,19). The van der Waals surface area contributed by atoms with E-state index in [2.05, 4.69) is 52.4 Å². The van der Waals surface area contributed by atoms with Gasteiger partial charge in [0, 0.05) is 25.8 Å². The molecule has 1 aliphatic rings. The molecule has 1 aromatic carbocycles. The zero-order valence-electron chi connectivity index (χ0n) is 11.5. The van der Waals surface area contributed by atoms with Crippen LogP contribution in [0.2, 0.25) is 0 Å². The summed E-state index contributed by atoms with van der Waals surface area (Å²) in [5.41, 5.74) is 9.57. The van der Waals surface area contributed by atoms with Crippen molar-refractivity contribution in [3.8, 4) is 0 Å². The van der Waals surface area contributed by atoms with Crippen LogP contribution in [0.5, 0.6) is 0 Å². The zero-order chi connectivity index (χ0) is 13.8. The molecule has 0 spiro atoms. The second-order valence-electron chi connectivity index (χ2n) is 5.17. The van der Waals surface area contributed by atoms with Gasteiger partial charge in [0.05, 0.1) is 0 Å². The molecular formula is C17H19N3. The van der Waals surface area contributed by atoms with Crippen molar-refractivity contribution < 1.29 is 0 Å². The van der Waals surface area contributed by atoms with E-state index in [1.165, 1.54) is 16.7 Å². The molecule has 2 aromatic rings. The molecule has 0 aliphatic carbocycles. The van der Waals surface area contributed by atoms with Crippen LogP contribution >= 0.6 is 0 Å². The molecule has 0 saturated carbocycles. The number of pyridine rings is 1. The molecule has 20 heavy (non-hydrogen) atoms. The highest BCUT2D eigenvalue weighted by molar-refractivity contribution is 5.66. The van der Waals surface area contributed by atoms with Crippen LogP contribution in [-0.2, 0) is 6.54 Å². The van der Waals surface area contributed by atoms with Crippen molar-refractivity contribution in [1.29, 1.82) is 0 Å². The maximum Gasteiger partial charge on any atom is 0.123 e. The molecule has 0 saturated heterocycles. The van der Waals surface area contributed by atoms with E-state index < -0.39 is 0 Å². The average molecular weight is 265 g/mol. The summed E-state index contributed by atoms with van der Waals surface area (Å²) in [7, 11) is 0. The van der Waals surface area contributed by atoms with Crippen LogP contribution in [0.15, 0.2) is 54.7 Å². The van der Waals surface area contributed by atoms with Crippen molar-refractivity contribution in [3.63, 3.8) is 0 Å². The molecule has 3 heteroatoms. The highest BCUT2D eigenvalue weighted by Crippen LogP contribution is 2.22. The Balaban J connectivity index is 1.64. The summed E-state index contributed by atoms with van der Waals surface area (Å²) in [5.74, 6) is 0.580. The number of hydrogen-bond donors (Lipinski definition) is 1. The monoisotopic (exact) mass is 265 g/mol. The van der Waals surface area contributed by atoms with Crippen molar-refractivity contribution in [1.82, 2.24) is 9.88 Å². The predicted octanol–water partition coefficient (Wildman–Crippen LogP) is 2.95. The van der Waals surface area contributed by atoms with Gasteiger partial charge in [-0.2, -0.15) is 0 Å². The van der Waals surface area contributed by atoms with Gasteiger partial charge in [-0.25, -0.2) is 4.98 Å². The Kier molecular flexibility index (Phi) is 3.79. The molecule has 2 heterocycles. The van der Waals surface area contributed by atoms with Crippen molar-refractivity contribution in [2.75, 3.05) is 18.8 Å². The molecule has 0 amide bonds. The van der Waals surface area contributed by atoms with Gasteiger partial charge in [-0.15, -0.1) is 0 Å². The third-order valence-corrected chi connectivity index (χ3v) is 3.70.